The van der Waals surface area contributed by atoms with Crippen LogP contribution < -0.4 is 9.47 Å². The third kappa shape index (κ3) is 11.8. The normalized spacial score (nSPS) is 10.8. The van der Waals surface area contributed by atoms with Gasteiger partial charge in [0.1, 0.15) is 5.75 Å². The van der Waals surface area contributed by atoms with Gasteiger partial charge in [-0.1, -0.05) is 84.5 Å². The molecule has 0 aliphatic carbocycles. The van der Waals surface area contributed by atoms with Gasteiger partial charge in [-0.2, -0.15) is 0 Å². The molecule has 1 aromatic heterocycles. The maximum Gasteiger partial charge on any atom is 0.311 e. The number of rotatable bonds is 18. The molecule has 0 atom stereocenters. The number of carbonyl (C=O) groups is 1. The Morgan fingerprint density at radius 3 is 1.85 bits per heavy atom. The van der Waals surface area contributed by atoms with Crippen LogP contribution in [0.25, 0.3) is 11.4 Å². The van der Waals surface area contributed by atoms with Crippen molar-refractivity contribution < 1.29 is 14.3 Å². The van der Waals surface area contributed by atoms with Crippen LogP contribution in [-0.2, 0) is 4.79 Å². The first-order chi connectivity index (χ1) is 16.2. The van der Waals surface area contributed by atoms with E-state index in [0.717, 1.165) is 37.2 Å². The van der Waals surface area contributed by atoms with Crippen molar-refractivity contribution >= 4 is 5.97 Å². The zero-order valence-electron chi connectivity index (χ0n) is 20.7. The van der Waals surface area contributed by atoms with E-state index in [1.165, 1.54) is 64.2 Å². The molecule has 0 saturated carbocycles. The Morgan fingerprint density at radius 1 is 0.697 bits per heavy atom. The monoisotopic (exact) mass is 454 g/mol. The van der Waals surface area contributed by atoms with E-state index in [0.29, 0.717) is 18.0 Å². The minimum atomic E-state index is -0.218. The molecule has 0 unspecified atom stereocenters. The molecule has 0 saturated heterocycles. The molecule has 33 heavy (non-hydrogen) atoms. The van der Waals surface area contributed by atoms with E-state index in [4.69, 9.17) is 9.47 Å². The maximum atomic E-state index is 12.0. The van der Waals surface area contributed by atoms with Gasteiger partial charge in [0.2, 0.25) is 0 Å². The number of hydrogen-bond acceptors (Lipinski definition) is 5. The standard InChI is InChI=1S/C28H42N2O3/c1-3-5-7-9-11-13-15-21-32-25-19-17-24(18-20-25)28-29-22-26(23-30-28)33-27(31)16-14-12-10-8-6-4-2/h17-20,22-23H,3-16,21H2,1-2H3. The van der Waals surface area contributed by atoms with Crippen molar-refractivity contribution in [1.82, 2.24) is 9.97 Å². The van der Waals surface area contributed by atoms with E-state index >= 15 is 0 Å². The third-order valence-electron chi connectivity index (χ3n) is 5.72. The first kappa shape index (κ1) is 26.8. The molecule has 5 heteroatoms. The molecule has 0 N–H and O–H groups in total. The molecular weight excluding hydrogens is 412 g/mol. The lowest BCUT2D eigenvalue weighted by Crippen LogP contribution is -2.08. The zero-order chi connectivity index (χ0) is 23.6. The van der Waals surface area contributed by atoms with E-state index in [1.54, 1.807) is 12.4 Å². The van der Waals surface area contributed by atoms with Crippen molar-refractivity contribution in [3.63, 3.8) is 0 Å². The second-order valence-corrected chi connectivity index (χ2v) is 8.73. The fourth-order valence-corrected chi connectivity index (χ4v) is 3.70. The van der Waals surface area contributed by atoms with Crippen LogP contribution in [0.1, 0.15) is 104 Å². The quantitative estimate of drug-likeness (QED) is 0.169. The molecule has 0 aliphatic heterocycles. The van der Waals surface area contributed by atoms with E-state index < -0.39 is 0 Å². The summed E-state index contributed by atoms with van der Waals surface area (Å²) in [5.74, 6) is 1.64. The van der Waals surface area contributed by atoms with Crippen LogP contribution in [0.15, 0.2) is 36.7 Å². The van der Waals surface area contributed by atoms with Crippen LogP contribution in [-0.4, -0.2) is 22.5 Å². The van der Waals surface area contributed by atoms with Crippen molar-refractivity contribution in [1.29, 1.82) is 0 Å². The summed E-state index contributed by atoms with van der Waals surface area (Å²) in [6, 6.07) is 7.82. The topological polar surface area (TPSA) is 61.3 Å². The second kappa shape index (κ2) is 17.1. The highest BCUT2D eigenvalue weighted by Gasteiger charge is 2.07. The number of unbranched alkanes of at least 4 members (excludes halogenated alkanes) is 11. The molecule has 0 bridgehead atoms. The van der Waals surface area contributed by atoms with Crippen LogP contribution in [0.4, 0.5) is 0 Å². The Bertz CT molecular complexity index is 760. The van der Waals surface area contributed by atoms with Gasteiger partial charge in [0, 0.05) is 12.0 Å². The summed E-state index contributed by atoms with van der Waals surface area (Å²) in [5, 5.41) is 0. The largest absolute Gasteiger partial charge is 0.494 e. The summed E-state index contributed by atoms with van der Waals surface area (Å²) < 4.78 is 11.2. The molecule has 1 aromatic carbocycles. The molecule has 0 fully saturated rings. The minimum absolute atomic E-state index is 0.218. The molecule has 2 rings (SSSR count). The zero-order valence-corrected chi connectivity index (χ0v) is 20.7. The summed E-state index contributed by atoms with van der Waals surface area (Å²) in [4.78, 5) is 20.7. The Balaban J connectivity index is 1.66. The van der Waals surface area contributed by atoms with Gasteiger partial charge in [-0.25, -0.2) is 9.97 Å². The highest BCUT2D eigenvalue weighted by Crippen LogP contribution is 2.21. The first-order valence-electron chi connectivity index (χ1n) is 13.0. The van der Waals surface area contributed by atoms with Gasteiger partial charge in [0.25, 0.3) is 0 Å². The molecule has 1 heterocycles. The number of carbonyl (C=O) groups excluding carboxylic acids is 1. The van der Waals surface area contributed by atoms with E-state index in [-0.39, 0.29) is 5.97 Å². The first-order valence-corrected chi connectivity index (χ1v) is 13.0. The molecule has 182 valence electrons. The summed E-state index contributed by atoms with van der Waals surface area (Å²) in [6.07, 6.45) is 19.4. The highest BCUT2D eigenvalue weighted by molar-refractivity contribution is 5.72. The van der Waals surface area contributed by atoms with Crippen molar-refractivity contribution in [3.8, 4) is 22.9 Å². The van der Waals surface area contributed by atoms with Gasteiger partial charge >= 0.3 is 5.97 Å². The van der Waals surface area contributed by atoms with Gasteiger partial charge in [-0.3, -0.25) is 4.79 Å². The molecule has 0 spiro atoms. The van der Waals surface area contributed by atoms with Gasteiger partial charge in [-0.05, 0) is 37.1 Å². The second-order valence-electron chi connectivity index (χ2n) is 8.73. The van der Waals surface area contributed by atoms with Crippen LogP contribution in [0, 0.1) is 0 Å². The Kier molecular flexibility index (Phi) is 13.9. The summed E-state index contributed by atoms with van der Waals surface area (Å²) >= 11 is 0. The van der Waals surface area contributed by atoms with Gasteiger partial charge in [-0.15, -0.1) is 0 Å². The molecule has 0 aliphatic rings. The Hall–Kier alpha value is -2.43. The number of aromatic nitrogens is 2. The SMILES string of the molecule is CCCCCCCCCOc1ccc(-c2ncc(OC(=O)CCCCCCCC)cn2)cc1. The number of hydrogen-bond donors (Lipinski definition) is 0. The average Bonchev–Trinajstić information content (AvgIpc) is 2.84. The molecule has 0 amide bonds. The lowest BCUT2D eigenvalue weighted by atomic mass is 10.1. The molecule has 0 radical (unpaired) electrons. The lowest BCUT2D eigenvalue weighted by molar-refractivity contribution is -0.134. The van der Waals surface area contributed by atoms with Crippen molar-refractivity contribution in [2.24, 2.45) is 0 Å². The smallest absolute Gasteiger partial charge is 0.311 e. The summed E-state index contributed by atoms with van der Waals surface area (Å²) in [7, 11) is 0. The van der Waals surface area contributed by atoms with E-state index in [9.17, 15) is 4.79 Å². The maximum absolute atomic E-state index is 12.0. The number of benzene rings is 1. The number of esters is 1. The van der Waals surface area contributed by atoms with Crippen molar-refractivity contribution in [2.75, 3.05) is 6.61 Å². The minimum Gasteiger partial charge on any atom is -0.494 e. The van der Waals surface area contributed by atoms with Crippen LogP contribution in [0.3, 0.4) is 0 Å². The fourth-order valence-electron chi connectivity index (χ4n) is 3.70. The predicted octanol–water partition coefficient (Wildman–Crippen LogP) is 7.93. The Labute approximate surface area is 200 Å². The molecule has 2 aromatic rings. The van der Waals surface area contributed by atoms with Crippen molar-refractivity contribution in [3.05, 3.63) is 36.7 Å². The lowest BCUT2D eigenvalue weighted by Gasteiger charge is -2.08. The highest BCUT2D eigenvalue weighted by atomic mass is 16.5. The summed E-state index contributed by atoms with van der Waals surface area (Å²) in [6.45, 7) is 5.20. The fraction of sp³-hybridized carbons (Fsp3) is 0.607. The average molecular weight is 455 g/mol. The third-order valence-corrected chi connectivity index (χ3v) is 5.72. The predicted molar refractivity (Wildman–Crippen MR) is 135 cm³/mol. The van der Waals surface area contributed by atoms with Crippen molar-refractivity contribution in [2.45, 2.75) is 104 Å². The molecule has 5 nitrogen and oxygen atoms in total. The van der Waals surface area contributed by atoms with Gasteiger partial charge < -0.3 is 9.47 Å². The molecular formula is C28H42N2O3. The number of nitrogens with zero attached hydrogens (tertiary/aromatic N) is 2. The van der Waals surface area contributed by atoms with Crippen LogP contribution >= 0.6 is 0 Å². The van der Waals surface area contributed by atoms with Crippen LogP contribution in [0.5, 0.6) is 11.5 Å². The van der Waals surface area contributed by atoms with E-state index in [1.807, 2.05) is 24.3 Å². The van der Waals surface area contributed by atoms with Crippen LogP contribution in [0.2, 0.25) is 0 Å². The van der Waals surface area contributed by atoms with Gasteiger partial charge in [0.05, 0.1) is 19.0 Å². The Morgan fingerprint density at radius 2 is 1.24 bits per heavy atom. The van der Waals surface area contributed by atoms with Gasteiger partial charge in [0.15, 0.2) is 11.6 Å². The number of ether oxygens (including phenoxy) is 2. The van der Waals surface area contributed by atoms with E-state index in [2.05, 4.69) is 23.8 Å². The summed E-state index contributed by atoms with van der Waals surface area (Å²) in [5.41, 5.74) is 0.906.